The molecule has 0 aromatic carbocycles. The lowest BCUT2D eigenvalue weighted by atomic mass is 9.90. The molecule has 0 aliphatic carbocycles. The molecule has 7 heteroatoms. The maximum absolute atomic E-state index is 11.8. The largest absolute Gasteiger partial charge is 0.481 e. The first-order valence-corrected chi connectivity index (χ1v) is 8.61. The fraction of sp³-hybridized carbons (Fsp3) is 0.429. The van der Waals surface area contributed by atoms with Gasteiger partial charge >= 0.3 is 5.97 Å². The van der Waals surface area contributed by atoms with Gasteiger partial charge in [-0.2, -0.15) is 0 Å². The van der Waals surface area contributed by atoms with Gasteiger partial charge in [-0.25, -0.2) is 13.4 Å². The summed E-state index contributed by atoms with van der Waals surface area (Å²) in [5.41, 5.74) is 1.69. The van der Waals surface area contributed by atoms with Crippen LogP contribution in [0.2, 0.25) is 0 Å². The number of nitrogens with zero attached hydrogens (tertiary/aromatic N) is 2. The molecule has 3 heterocycles. The molecule has 21 heavy (non-hydrogen) atoms. The van der Waals surface area contributed by atoms with Crippen LogP contribution in [0.5, 0.6) is 0 Å². The van der Waals surface area contributed by atoms with Gasteiger partial charge in [0.05, 0.1) is 11.4 Å². The molecule has 6 nitrogen and oxygen atoms in total. The lowest BCUT2D eigenvalue weighted by Crippen LogP contribution is -2.17. The summed E-state index contributed by atoms with van der Waals surface area (Å²) in [5, 5.41) is 9.85. The van der Waals surface area contributed by atoms with E-state index in [0.29, 0.717) is 11.9 Å². The van der Waals surface area contributed by atoms with Gasteiger partial charge in [0.2, 0.25) is 0 Å². The number of sulfone groups is 1. The van der Waals surface area contributed by atoms with E-state index in [1.165, 1.54) is 6.20 Å². The third kappa shape index (κ3) is 2.12. The van der Waals surface area contributed by atoms with Crippen molar-refractivity contribution in [3.63, 3.8) is 0 Å². The third-order valence-electron chi connectivity index (χ3n) is 4.21. The molecule has 0 radical (unpaired) electrons. The fourth-order valence-electron chi connectivity index (χ4n) is 3.13. The van der Waals surface area contributed by atoms with E-state index in [0.717, 1.165) is 23.9 Å². The normalized spacial score (nSPS) is 19.6. The number of rotatable bonds is 3. The van der Waals surface area contributed by atoms with Crippen LogP contribution < -0.4 is 0 Å². The standard InChI is InChI=1S/C14H16N2O4S/c1-8(14(17)18)9-4-6-16-11-3-5-15-13(21(2,19)20)10(11)7-12(9)16/h3,5,7-9H,4,6H2,1-2H3,(H,17,18). The van der Waals surface area contributed by atoms with Gasteiger partial charge in [-0.15, -0.1) is 0 Å². The van der Waals surface area contributed by atoms with Gasteiger partial charge in [-0.3, -0.25) is 4.79 Å². The Morgan fingerprint density at radius 1 is 1.52 bits per heavy atom. The monoisotopic (exact) mass is 308 g/mol. The van der Waals surface area contributed by atoms with Crippen molar-refractivity contribution in [2.45, 2.75) is 30.8 Å². The second-order valence-corrected chi connectivity index (χ2v) is 7.50. The highest BCUT2D eigenvalue weighted by molar-refractivity contribution is 7.90. The van der Waals surface area contributed by atoms with Crippen LogP contribution in [0.3, 0.4) is 0 Å². The van der Waals surface area contributed by atoms with E-state index in [4.69, 9.17) is 0 Å². The summed E-state index contributed by atoms with van der Waals surface area (Å²) in [6.07, 6.45) is 3.38. The average Bonchev–Trinajstić information content (AvgIpc) is 2.94. The Labute approximate surface area is 122 Å². The molecule has 0 saturated heterocycles. The summed E-state index contributed by atoms with van der Waals surface area (Å²) in [5.74, 6) is -1.42. The predicted octanol–water partition coefficient (Wildman–Crippen LogP) is 1.65. The molecule has 0 spiro atoms. The molecular formula is C14H16N2O4S. The summed E-state index contributed by atoms with van der Waals surface area (Å²) >= 11 is 0. The van der Waals surface area contributed by atoms with E-state index in [1.54, 1.807) is 19.1 Å². The molecule has 1 aliphatic rings. The van der Waals surface area contributed by atoms with E-state index in [-0.39, 0.29) is 10.9 Å². The minimum absolute atomic E-state index is 0.0589. The Morgan fingerprint density at radius 3 is 2.86 bits per heavy atom. The van der Waals surface area contributed by atoms with Crippen molar-refractivity contribution >= 4 is 26.7 Å². The van der Waals surface area contributed by atoms with Crippen LogP contribution in [-0.4, -0.2) is 35.3 Å². The Bertz CT molecular complexity index is 838. The van der Waals surface area contributed by atoms with Crippen LogP contribution in [0.4, 0.5) is 0 Å². The van der Waals surface area contributed by atoms with E-state index in [1.807, 2.05) is 4.57 Å². The van der Waals surface area contributed by atoms with Crippen LogP contribution >= 0.6 is 0 Å². The molecule has 2 unspecified atom stereocenters. The first kappa shape index (κ1) is 14.1. The molecule has 0 amide bonds. The van der Waals surface area contributed by atoms with E-state index in [2.05, 4.69) is 4.98 Å². The molecule has 1 aliphatic heterocycles. The SMILES string of the molecule is CC(C(=O)O)C1CCn2c1cc1c(S(C)(=O)=O)nccc12. The number of hydrogen-bond donors (Lipinski definition) is 1. The number of carboxylic acid groups (broad SMARTS) is 1. The van der Waals surface area contributed by atoms with Gasteiger partial charge in [0, 0.05) is 36.0 Å². The molecule has 2 atom stereocenters. The second kappa shape index (κ2) is 4.56. The lowest BCUT2D eigenvalue weighted by molar-refractivity contribution is -0.141. The maximum Gasteiger partial charge on any atom is 0.306 e. The van der Waals surface area contributed by atoms with E-state index in [9.17, 15) is 18.3 Å². The van der Waals surface area contributed by atoms with Crippen molar-refractivity contribution in [2.24, 2.45) is 5.92 Å². The first-order chi connectivity index (χ1) is 9.80. The summed E-state index contributed by atoms with van der Waals surface area (Å²) < 4.78 is 25.7. The fourth-order valence-corrected chi connectivity index (χ4v) is 3.94. The summed E-state index contributed by atoms with van der Waals surface area (Å²) in [7, 11) is -3.41. The van der Waals surface area contributed by atoms with Crippen molar-refractivity contribution in [2.75, 3.05) is 6.26 Å². The first-order valence-electron chi connectivity index (χ1n) is 6.71. The highest BCUT2D eigenvalue weighted by Gasteiger charge is 2.33. The molecule has 1 N–H and O–H groups in total. The zero-order valence-corrected chi connectivity index (χ0v) is 12.6. The molecule has 3 rings (SSSR count). The van der Waals surface area contributed by atoms with Gasteiger partial charge < -0.3 is 9.67 Å². The number of aromatic nitrogens is 2. The van der Waals surface area contributed by atoms with Crippen LogP contribution in [0.25, 0.3) is 10.9 Å². The number of hydrogen-bond acceptors (Lipinski definition) is 4. The van der Waals surface area contributed by atoms with Crippen LogP contribution in [0.1, 0.15) is 25.0 Å². The Kier molecular flexibility index (Phi) is 3.05. The van der Waals surface area contributed by atoms with Crippen molar-refractivity contribution in [1.82, 2.24) is 9.55 Å². The Morgan fingerprint density at radius 2 is 2.24 bits per heavy atom. The number of carbonyl (C=O) groups is 1. The van der Waals surface area contributed by atoms with E-state index < -0.39 is 21.7 Å². The van der Waals surface area contributed by atoms with Crippen LogP contribution in [0.15, 0.2) is 23.4 Å². The minimum atomic E-state index is -3.41. The molecule has 0 fully saturated rings. The third-order valence-corrected chi connectivity index (χ3v) is 5.24. The van der Waals surface area contributed by atoms with Crippen molar-refractivity contribution < 1.29 is 18.3 Å². The molecule has 2 aromatic rings. The quantitative estimate of drug-likeness (QED) is 0.931. The number of fused-ring (bicyclic) bond motifs is 3. The van der Waals surface area contributed by atoms with Crippen LogP contribution in [-0.2, 0) is 21.2 Å². The Hall–Kier alpha value is -1.89. The molecule has 0 saturated carbocycles. The number of aryl methyl sites for hydroxylation is 1. The number of carboxylic acids is 1. The Balaban J connectivity index is 2.22. The summed E-state index contributed by atoms with van der Waals surface area (Å²) in [6, 6.07) is 3.57. The van der Waals surface area contributed by atoms with Gasteiger partial charge in [0.1, 0.15) is 0 Å². The number of aliphatic carboxylic acids is 1. The molecule has 2 aromatic heterocycles. The number of pyridine rings is 1. The van der Waals surface area contributed by atoms with Gasteiger partial charge in [0.15, 0.2) is 14.9 Å². The van der Waals surface area contributed by atoms with Gasteiger partial charge in [-0.1, -0.05) is 6.92 Å². The predicted molar refractivity (Wildman–Crippen MR) is 77.0 cm³/mol. The smallest absolute Gasteiger partial charge is 0.306 e. The highest BCUT2D eigenvalue weighted by Crippen LogP contribution is 2.39. The van der Waals surface area contributed by atoms with Crippen molar-refractivity contribution in [1.29, 1.82) is 0 Å². The minimum Gasteiger partial charge on any atom is -0.481 e. The average molecular weight is 308 g/mol. The van der Waals surface area contributed by atoms with Crippen molar-refractivity contribution in [3.8, 4) is 0 Å². The molecule has 112 valence electrons. The topological polar surface area (TPSA) is 89.3 Å². The maximum atomic E-state index is 11.8. The molecule has 0 bridgehead atoms. The highest BCUT2D eigenvalue weighted by atomic mass is 32.2. The van der Waals surface area contributed by atoms with E-state index >= 15 is 0 Å². The van der Waals surface area contributed by atoms with Gasteiger partial charge in [-0.05, 0) is 18.6 Å². The van der Waals surface area contributed by atoms with Crippen molar-refractivity contribution in [3.05, 3.63) is 24.0 Å². The molecular weight excluding hydrogens is 292 g/mol. The second-order valence-electron chi connectivity index (χ2n) is 5.56. The van der Waals surface area contributed by atoms with Crippen LogP contribution in [0, 0.1) is 5.92 Å². The van der Waals surface area contributed by atoms with Gasteiger partial charge in [0.25, 0.3) is 0 Å². The zero-order valence-electron chi connectivity index (χ0n) is 11.8. The lowest BCUT2D eigenvalue weighted by Gasteiger charge is -2.13. The summed E-state index contributed by atoms with van der Waals surface area (Å²) in [6.45, 7) is 2.39. The summed E-state index contributed by atoms with van der Waals surface area (Å²) in [4.78, 5) is 15.2. The zero-order chi connectivity index (χ0) is 15.4.